The van der Waals surface area contributed by atoms with Crippen LogP contribution in [0.5, 0.6) is 0 Å². The highest BCUT2D eigenvalue weighted by Gasteiger charge is 2.51. The summed E-state index contributed by atoms with van der Waals surface area (Å²) in [6.07, 6.45) is 11.5. The van der Waals surface area contributed by atoms with Crippen LogP contribution in [0.4, 0.5) is 0 Å². The fourth-order valence-corrected chi connectivity index (χ4v) is 6.76. The minimum atomic E-state index is -0.398. The molecule has 4 saturated carbocycles. The van der Waals surface area contributed by atoms with Crippen molar-refractivity contribution in [2.75, 3.05) is 0 Å². The summed E-state index contributed by atoms with van der Waals surface area (Å²) in [5.74, 6) is 2.65. The van der Waals surface area contributed by atoms with Gasteiger partial charge in [0.1, 0.15) is 6.26 Å². The molecule has 0 radical (unpaired) electrons. The molecule has 4 fully saturated rings. The first-order chi connectivity index (χ1) is 14.6. The zero-order valence-electron chi connectivity index (χ0n) is 17.1. The van der Waals surface area contributed by atoms with Crippen molar-refractivity contribution in [1.29, 1.82) is 0 Å². The summed E-state index contributed by atoms with van der Waals surface area (Å²) in [5, 5.41) is 4.51. The van der Waals surface area contributed by atoms with Crippen molar-refractivity contribution in [2.45, 2.75) is 56.5 Å². The zero-order valence-corrected chi connectivity index (χ0v) is 17.1. The summed E-state index contributed by atoms with van der Waals surface area (Å²) < 4.78 is 5.62. The molecule has 4 aliphatic rings. The van der Waals surface area contributed by atoms with E-state index in [0.29, 0.717) is 18.0 Å². The molecular weight excluding hydrogens is 376 g/mol. The van der Waals surface area contributed by atoms with Crippen LogP contribution in [0.3, 0.4) is 0 Å². The summed E-state index contributed by atoms with van der Waals surface area (Å²) in [7, 11) is 0. The van der Waals surface area contributed by atoms with Gasteiger partial charge >= 0.3 is 0 Å². The first kappa shape index (κ1) is 18.2. The number of aromatic amines is 1. The molecule has 4 bridgehead atoms. The number of amides is 1. The molecule has 6 nitrogen and oxygen atoms in total. The van der Waals surface area contributed by atoms with Gasteiger partial charge in [0.15, 0.2) is 5.69 Å². The van der Waals surface area contributed by atoms with Gasteiger partial charge < -0.3 is 20.5 Å². The zero-order chi connectivity index (χ0) is 20.3. The number of hydrogen-bond acceptors (Lipinski definition) is 4. The minimum Gasteiger partial charge on any atom is -0.446 e. The van der Waals surface area contributed by atoms with E-state index in [4.69, 9.17) is 10.2 Å². The second kappa shape index (κ2) is 6.71. The third-order valence-corrected chi connectivity index (χ3v) is 7.60. The highest BCUT2D eigenvalue weighted by Crippen LogP contribution is 2.55. The van der Waals surface area contributed by atoms with Crippen LogP contribution in [-0.2, 0) is 6.42 Å². The molecule has 1 amide bonds. The molecule has 4 N–H and O–H groups in total. The number of carbonyl (C=O) groups is 1. The Labute approximate surface area is 175 Å². The Kier molecular flexibility index (Phi) is 4.07. The highest BCUT2D eigenvalue weighted by atomic mass is 16.3. The highest BCUT2D eigenvalue weighted by molar-refractivity contribution is 5.92. The van der Waals surface area contributed by atoms with Gasteiger partial charge in [0.05, 0.1) is 6.04 Å². The number of carbonyl (C=O) groups excluding carboxylic acids is 1. The molecule has 1 unspecified atom stereocenters. The normalized spacial score (nSPS) is 30.6. The van der Waals surface area contributed by atoms with Gasteiger partial charge in [-0.1, -0.05) is 18.2 Å². The Hall–Kier alpha value is -2.60. The van der Waals surface area contributed by atoms with Crippen LogP contribution in [-0.4, -0.2) is 21.4 Å². The number of nitrogens with two attached hydrogens (primary N) is 1. The number of nitrogens with one attached hydrogen (secondary N) is 2. The number of aromatic nitrogens is 2. The molecule has 2 heterocycles. The van der Waals surface area contributed by atoms with E-state index in [9.17, 15) is 4.79 Å². The van der Waals surface area contributed by atoms with Gasteiger partial charge in [0, 0.05) is 22.6 Å². The van der Waals surface area contributed by atoms with E-state index in [1.165, 1.54) is 25.5 Å². The average Bonchev–Trinajstić information content (AvgIpc) is 3.35. The van der Waals surface area contributed by atoms with Crippen LogP contribution in [0.1, 0.15) is 66.5 Å². The van der Waals surface area contributed by atoms with E-state index in [1.807, 2.05) is 24.4 Å². The largest absolute Gasteiger partial charge is 0.446 e. The Bertz CT molecular complexity index is 1060. The molecule has 7 rings (SSSR count). The van der Waals surface area contributed by atoms with Crippen molar-refractivity contribution in [3.05, 3.63) is 53.9 Å². The molecule has 3 aromatic rings. The third kappa shape index (κ3) is 3.05. The number of H-pyrrole nitrogens is 1. The van der Waals surface area contributed by atoms with E-state index < -0.39 is 6.04 Å². The van der Waals surface area contributed by atoms with Gasteiger partial charge in [-0.2, -0.15) is 0 Å². The standard InChI is InChI=1S/C24H28N4O2/c25-19(8-17-12-26-20-4-2-1-3-18(17)20)23-27-21(13-30-23)22(29)28-24-9-14-5-15(10-24)7-16(6-14)11-24/h1-4,12-16,19,26H,5-11,25H2,(H,28,29). The first-order valence-corrected chi connectivity index (χ1v) is 11.2. The van der Waals surface area contributed by atoms with Gasteiger partial charge in [-0.25, -0.2) is 4.98 Å². The lowest BCUT2D eigenvalue weighted by Gasteiger charge is -2.56. The molecule has 6 heteroatoms. The van der Waals surface area contributed by atoms with Crippen LogP contribution >= 0.6 is 0 Å². The van der Waals surface area contributed by atoms with Gasteiger partial charge in [-0.3, -0.25) is 4.79 Å². The lowest BCUT2D eigenvalue weighted by atomic mass is 9.53. The molecule has 0 spiro atoms. The number of nitrogens with zero attached hydrogens (tertiary/aromatic N) is 1. The number of benzene rings is 1. The number of hydrogen-bond donors (Lipinski definition) is 3. The third-order valence-electron chi connectivity index (χ3n) is 7.60. The molecule has 30 heavy (non-hydrogen) atoms. The van der Waals surface area contributed by atoms with Crippen LogP contribution in [0, 0.1) is 17.8 Å². The number of para-hydroxylation sites is 1. The fraction of sp³-hybridized carbons (Fsp3) is 0.500. The molecule has 1 aromatic carbocycles. The van der Waals surface area contributed by atoms with E-state index >= 15 is 0 Å². The van der Waals surface area contributed by atoms with Crippen molar-refractivity contribution in [3.63, 3.8) is 0 Å². The summed E-state index contributed by atoms with van der Waals surface area (Å²) in [6, 6.07) is 7.75. The quantitative estimate of drug-likeness (QED) is 0.596. The summed E-state index contributed by atoms with van der Waals surface area (Å²) in [6.45, 7) is 0. The summed E-state index contributed by atoms with van der Waals surface area (Å²) in [4.78, 5) is 20.7. The summed E-state index contributed by atoms with van der Waals surface area (Å²) >= 11 is 0. The van der Waals surface area contributed by atoms with E-state index in [1.54, 1.807) is 0 Å². The Morgan fingerprint density at radius 2 is 1.90 bits per heavy atom. The monoisotopic (exact) mass is 404 g/mol. The number of oxazole rings is 1. The minimum absolute atomic E-state index is 0.0307. The number of fused-ring (bicyclic) bond motifs is 1. The molecule has 1 atom stereocenters. The van der Waals surface area contributed by atoms with Crippen molar-refractivity contribution in [1.82, 2.24) is 15.3 Å². The van der Waals surface area contributed by atoms with Crippen LogP contribution in [0.15, 0.2) is 41.1 Å². The average molecular weight is 405 g/mol. The topological polar surface area (TPSA) is 96.9 Å². The van der Waals surface area contributed by atoms with Crippen LogP contribution < -0.4 is 11.1 Å². The van der Waals surface area contributed by atoms with Gasteiger partial charge in [0.2, 0.25) is 5.89 Å². The molecule has 4 aliphatic carbocycles. The van der Waals surface area contributed by atoms with Gasteiger partial charge in [0.25, 0.3) is 5.91 Å². The maximum atomic E-state index is 13.0. The first-order valence-electron chi connectivity index (χ1n) is 11.2. The lowest BCUT2D eigenvalue weighted by Crippen LogP contribution is -2.59. The summed E-state index contributed by atoms with van der Waals surface area (Å²) in [5.41, 5.74) is 8.90. The van der Waals surface area contributed by atoms with Gasteiger partial charge in [-0.15, -0.1) is 0 Å². The Morgan fingerprint density at radius 1 is 1.20 bits per heavy atom. The molecule has 0 saturated heterocycles. The SMILES string of the molecule is NC(Cc1c[nH]c2ccccc12)c1nc(C(=O)NC23CC4CC(CC(C4)C2)C3)co1. The Balaban J connectivity index is 1.16. The van der Waals surface area contributed by atoms with E-state index in [2.05, 4.69) is 21.4 Å². The van der Waals surface area contributed by atoms with Crippen molar-refractivity contribution < 1.29 is 9.21 Å². The molecular formula is C24H28N4O2. The molecule has 156 valence electrons. The maximum absolute atomic E-state index is 13.0. The predicted octanol–water partition coefficient (Wildman–Crippen LogP) is 4.10. The van der Waals surface area contributed by atoms with Crippen LogP contribution in [0.25, 0.3) is 10.9 Å². The predicted molar refractivity (Wildman–Crippen MR) is 114 cm³/mol. The Morgan fingerprint density at radius 3 is 2.63 bits per heavy atom. The van der Waals surface area contributed by atoms with Crippen molar-refractivity contribution >= 4 is 16.8 Å². The van der Waals surface area contributed by atoms with E-state index in [-0.39, 0.29) is 11.4 Å². The second-order valence-electron chi connectivity index (χ2n) is 9.89. The smallest absolute Gasteiger partial charge is 0.273 e. The molecule has 0 aliphatic heterocycles. The van der Waals surface area contributed by atoms with Crippen molar-refractivity contribution in [3.8, 4) is 0 Å². The van der Waals surface area contributed by atoms with E-state index in [0.717, 1.165) is 53.5 Å². The fourth-order valence-electron chi connectivity index (χ4n) is 6.76. The number of rotatable bonds is 5. The second-order valence-corrected chi connectivity index (χ2v) is 9.89. The van der Waals surface area contributed by atoms with Gasteiger partial charge in [-0.05, 0) is 74.3 Å². The maximum Gasteiger partial charge on any atom is 0.273 e. The molecule has 2 aromatic heterocycles. The van der Waals surface area contributed by atoms with Crippen molar-refractivity contribution in [2.24, 2.45) is 23.5 Å². The lowest BCUT2D eigenvalue weighted by molar-refractivity contribution is -0.0167. The van der Waals surface area contributed by atoms with Crippen LogP contribution in [0.2, 0.25) is 0 Å².